The molecule has 2 aromatic carbocycles. The Labute approximate surface area is 110 Å². The summed E-state index contributed by atoms with van der Waals surface area (Å²) in [6, 6.07) is 8.65. The standard InChI is InChI=1S/C15H15F2NO/c1-9-7-12(19)4-6-15(9)18-10(2)11-3-5-13(16)14(17)8-11/h3-8,10,18-19H,1-2H3. The average molecular weight is 263 g/mol. The van der Waals surface area contributed by atoms with Crippen molar-refractivity contribution in [1.82, 2.24) is 0 Å². The van der Waals surface area contributed by atoms with E-state index in [4.69, 9.17) is 0 Å². The zero-order valence-electron chi connectivity index (χ0n) is 10.7. The molecule has 0 radical (unpaired) electrons. The first kappa shape index (κ1) is 13.3. The van der Waals surface area contributed by atoms with E-state index in [0.717, 1.165) is 17.3 Å². The molecule has 100 valence electrons. The van der Waals surface area contributed by atoms with Crippen LogP contribution in [0.1, 0.15) is 24.1 Å². The Kier molecular flexibility index (Phi) is 3.69. The number of hydrogen-bond acceptors (Lipinski definition) is 2. The van der Waals surface area contributed by atoms with Gasteiger partial charge in [0.25, 0.3) is 0 Å². The molecule has 1 atom stereocenters. The normalized spacial score (nSPS) is 12.2. The molecule has 0 saturated carbocycles. The van der Waals surface area contributed by atoms with Crippen molar-refractivity contribution in [2.45, 2.75) is 19.9 Å². The van der Waals surface area contributed by atoms with Gasteiger partial charge in [0.05, 0.1) is 0 Å². The third-order valence-electron chi connectivity index (χ3n) is 3.03. The molecular formula is C15H15F2NO. The minimum Gasteiger partial charge on any atom is -0.508 e. The van der Waals surface area contributed by atoms with Crippen molar-refractivity contribution in [2.24, 2.45) is 0 Å². The molecule has 2 nitrogen and oxygen atoms in total. The lowest BCUT2D eigenvalue weighted by atomic mass is 10.1. The van der Waals surface area contributed by atoms with Crippen LogP contribution in [0.4, 0.5) is 14.5 Å². The molecule has 0 saturated heterocycles. The maximum Gasteiger partial charge on any atom is 0.159 e. The SMILES string of the molecule is Cc1cc(O)ccc1NC(C)c1ccc(F)c(F)c1. The molecule has 0 fully saturated rings. The van der Waals surface area contributed by atoms with Gasteiger partial charge in [-0.25, -0.2) is 8.78 Å². The quantitative estimate of drug-likeness (QED) is 0.815. The van der Waals surface area contributed by atoms with Crippen molar-refractivity contribution in [3.8, 4) is 5.75 Å². The molecule has 2 rings (SSSR count). The van der Waals surface area contributed by atoms with Gasteiger partial charge in [0.15, 0.2) is 11.6 Å². The zero-order chi connectivity index (χ0) is 14.0. The van der Waals surface area contributed by atoms with Crippen molar-refractivity contribution in [3.63, 3.8) is 0 Å². The lowest BCUT2D eigenvalue weighted by Gasteiger charge is -2.17. The third kappa shape index (κ3) is 3.02. The van der Waals surface area contributed by atoms with E-state index in [-0.39, 0.29) is 11.8 Å². The van der Waals surface area contributed by atoms with Crippen LogP contribution in [0.2, 0.25) is 0 Å². The summed E-state index contributed by atoms with van der Waals surface area (Å²) in [4.78, 5) is 0. The molecule has 4 heteroatoms. The van der Waals surface area contributed by atoms with Crippen LogP contribution in [0.15, 0.2) is 36.4 Å². The number of aromatic hydroxyl groups is 1. The maximum absolute atomic E-state index is 13.2. The number of phenols is 1. The number of phenolic OH excluding ortho intramolecular Hbond substituents is 1. The number of halogens is 2. The van der Waals surface area contributed by atoms with Gasteiger partial charge in [0.2, 0.25) is 0 Å². The van der Waals surface area contributed by atoms with Gasteiger partial charge >= 0.3 is 0 Å². The summed E-state index contributed by atoms with van der Waals surface area (Å²) in [5, 5.41) is 12.5. The van der Waals surface area contributed by atoms with Crippen LogP contribution >= 0.6 is 0 Å². The van der Waals surface area contributed by atoms with Crippen LogP contribution in [0.25, 0.3) is 0 Å². The number of rotatable bonds is 3. The Hall–Kier alpha value is -2.10. The fourth-order valence-electron chi connectivity index (χ4n) is 1.91. The fraction of sp³-hybridized carbons (Fsp3) is 0.200. The molecule has 0 spiro atoms. The first-order valence-corrected chi connectivity index (χ1v) is 5.98. The number of nitrogens with one attached hydrogen (secondary N) is 1. The van der Waals surface area contributed by atoms with Gasteiger partial charge in [-0.2, -0.15) is 0 Å². The van der Waals surface area contributed by atoms with Crippen LogP contribution in [0.5, 0.6) is 5.75 Å². The molecule has 0 aromatic heterocycles. The fourth-order valence-corrected chi connectivity index (χ4v) is 1.91. The van der Waals surface area contributed by atoms with E-state index in [0.29, 0.717) is 5.56 Å². The third-order valence-corrected chi connectivity index (χ3v) is 3.03. The van der Waals surface area contributed by atoms with E-state index in [1.165, 1.54) is 6.07 Å². The highest BCUT2D eigenvalue weighted by atomic mass is 19.2. The molecule has 0 aliphatic carbocycles. The Morgan fingerprint density at radius 1 is 1.05 bits per heavy atom. The highest BCUT2D eigenvalue weighted by molar-refractivity contribution is 5.54. The Bertz CT molecular complexity index is 599. The summed E-state index contributed by atoms with van der Waals surface area (Å²) in [5.74, 6) is -1.51. The molecule has 1 unspecified atom stereocenters. The minimum atomic E-state index is -0.853. The van der Waals surface area contributed by atoms with Crippen molar-refractivity contribution in [3.05, 3.63) is 59.2 Å². The lowest BCUT2D eigenvalue weighted by molar-refractivity contribution is 0.475. The van der Waals surface area contributed by atoms with E-state index in [1.54, 1.807) is 24.3 Å². The first-order valence-electron chi connectivity index (χ1n) is 5.98. The van der Waals surface area contributed by atoms with Gasteiger partial charge in [0, 0.05) is 11.7 Å². The first-order chi connectivity index (χ1) is 8.97. The predicted octanol–water partition coefficient (Wildman–Crippen LogP) is 4.15. The van der Waals surface area contributed by atoms with E-state index in [2.05, 4.69) is 5.32 Å². The highest BCUT2D eigenvalue weighted by Gasteiger charge is 2.10. The average Bonchev–Trinajstić information content (AvgIpc) is 2.36. The number of aryl methyl sites for hydroxylation is 1. The lowest BCUT2D eigenvalue weighted by Crippen LogP contribution is -2.08. The molecule has 0 aliphatic heterocycles. The van der Waals surface area contributed by atoms with Crippen LogP contribution in [-0.2, 0) is 0 Å². The molecule has 0 bridgehead atoms. The summed E-state index contributed by atoms with van der Waals surface area (Å²) in [6.45, 7) is 3.72. The van der Waals surface area contributed by atoms with Crippen molar-refractivity contribution < 1.29 is 13.9 Å². The zero-order valence-corrected chi connectivity index (χ0v) is 10.7. The molecular weight excluding hydrogens is 248 g/mol. The summed E-state index contributed by atoms with van der Waals surface area (Å²) in [6.07, 6.45) is 0. The van der Waals surface area contributed by atoms with E-state index >= 15 is 0 Å². The summed E-state index contributed by atoms with van der Waals surface area (Å²) in [7, 11) is 0. The Balaban J connectivity index is 2.20. The largest absolute Gasteiger partial charge is 0.508 e. The molecule has 0 aliphatic rings. The van der Waals surface area contributed by atoms with E-state index < -0.39 is 11.6 Å². The summed E-state index contributed by atoms with van der Waals surface area (Å²) in [5.41, 5.74) is 2.39. The Morgan fingerprint density at radius 2 is 1.79 bits per heavy atom. The number of benzene rings is 2. The topological polar surface area (TPSA) is 32.3 Å². The molecule has 2 N–H and O–H groups in total. The van der Waals surface area contributed by atoms with Gasteiger partial charge in [-0.15, -0.1) is 0 Å². The monoisotopic (exact) mass is 263 g/mol. The second kappa shape index (κ2) is 5.26. The van der Waals surface area contributed by atoms with Gasteiger partial charge in [-0.3, -0.25) is 0 Å². The summed E-state index contributed by atoms with van der Waals surface area (Å²) >= 11 is 0. The number of hydrogen-bond donors (Lipinski definition) is 2. The highest BCUT2D eigenvalue weighted by Crippen LogP contribution is 2.25. The van der Waals surface area contributed by atoms with Crippen molar-refractivity contribution >= 4 is 5.69 Å². The van der Waals surface area contributed by atoms with Crippen LogP contribution in [0, 0.1) is 18.6 Å². The van der Waals surface area contributed by atoms with Gasteiger partial charge < -0.3 is 10.4 Å². The second-order valence-electron chi connectivity index (χ2n) is 4.54. The minimum absolute atomic E-state index is 0.168. The molecule has 19 heavy (non-hydrogen) atoms. The van der Waals surface area contributed by atoms with Crippen LogP contribution in [0.3, 0.4) is 0 Å². The maximum atomic E-state index is 13.2. The van der Waals surface area contributed by atoms with Crippen LogP contribution in [-0.4, -0.2) is 5.11 Å². The number of anilines is 1. The van der Waals surface area contributed by atoms with Crippen molar-refractivity contribution in [1.29, 1.82) is 0 Å². The molecule has 0 heterocycles. The van der Waals surface area contributed by atoms with Gasteiger partial charge in [0.1, 0.15) is 5.75 Å². The summed E-state index contributed by atoms with van der Waals surface area (Å²) < 4.78 is 26.0. The Morgan fingerprint density at radius 3 is 2.42 bits per heavy atom. The molecule has 2 aromatic rings. The smallest absolute Gasteiger partial charge is 0.159 e. The molecule has 0 amide bonds. The van der Waals surface area contributed by atoms with E-state index in [9.17, 15) is 13.9 Å². The van der Waals surface area contributed by atoms with Crippen LogP contribution < -0.4 is 5.32 Å². The van der Waals surface area contributed by atoms with E-state index in [1.807, 2.05) is 13.8 Å². The second-order valence-corrected chi connectivity index (χ2v) is 4.54. The van der Waals surface area contributed by atoms with Crippen molar-refractivity contribution in [2.75, 3.05) is 5.32 Å². The van der Waals surface area contributed by atoms with Gasteiger partial charge in [-0.05, 0) is 55.3 Å². The predicted molar refractivity (Wildman–Crippen MR) is 71.2 cm³/mol. The van der Waals surface area contributed by atoms with Gasteiger partial charge in [-0.1, -0.05) is 6.07 Å².